The van der Waals surface area contributed by atoms with Gasteiger partial charge in [0.05, 0.1) is 46.0 Å². The fourth-order valence-corrected chi connectivity index (χ4v) is 10.3. The summed E-state index contributed by atoms with van der Waals surface area (Å²) in [4.78, 5) is 3.55. The molecular formula is C66H38F4N4. The molecule has 0 amide bonds. The summed E-state index contributed by atoms with van der Waals surface area (Å²) in [6.07, 6.45) is 0. The van der Waals surface area contributed by atoms with Crippen molar-refractivity contribution >= 4 is 66.4 Å². The summed E-state index contributed by atoms with van der Waals surface area (Å²) in [6.45, 7) is 0. The van der Waals surface area contributed by atoms with Crippen LogP contribution >= 0.6 is 0 Å². The van der Waals surface area contributed by atoms with E-state index in [9.17, 15) is 10.5 Å². The number of benzene rings is 12. The van der Waals surface area contributed by atoms with Gasteiger partial charge in [0.1, 0.15) is 11.6 Å². The highest BCUT2D eigenvalue weighted by molar-refractivity contribution is 6.28. The van der Waals surface area contributed by atoms with Crippen molar-refractivity contribution in [1.82, 2.24) is 0 Å². The van der Waals surface area contributed by atoms with Crippen LogP contribution < -0.4 is 9.80 Å². The molecule has 0 fully saturated rings. The van der Waals surface area contributed by atoms with Gasteiger partial charge < -0.3 is 9.80 Å². The zero-order chi connectivity index (χ0) is 50.5. The first-order valence-corrected chi connectivity index (χ1v) is 23.9. The minimum absolute atomic E-state index is 0.0994. The smallest absolute Gasteiger partial charge is 0.150 e. The summed E-state index contributed by atoms with van der Waals surface area (Å²) in [5, 5.41) is 24.5. The molecule has 0 heterocycles. The SMILES string of the molecule is N#Cc1ccc(N(c2c(F)cc(F)cc2-c2ccc(-c3ccccc3)cc2)c2ccc3ccc4c(N(c5ccc(C#N)cc5)c5c(F)cc(F)cc5-c5ccc(-c6ccccc6)cc5)ccc5ccc2c3c54)cc1. The summed E-state index contributed by atoms with van der Waals surface area (Å²) in [7, 11) is 0. The summed E-state index contributed by atoms with van der Waals surface area (Å²) < 4.78 is 65.4. The predicted molar refractivity (Wildman–Crippen MR) is 291 cm³/mol. The molecule has 0 atom stereocenters. The molecule has 350 valence electrons. The average Bonchev–Trinajstić information content (AvgIpc) is 3.44. The van der Waals surface area contributed by atoms with Crippen molar-refractivity contribution in [2.75, 3.05) is 9.80 Å². The standard InChI is InChI=1S/C66H38F4N4/c67-51-35-57(47-19-15-45(16-20-47)43-7-3-1-4-8-43)65(59(69)37-51)73(53-27-11-41(39-71)12-28-53)61-33-25-49-24-32-56-62(34-26-50-23-31-55(61)63(49)64(50)56)74(54-29-13-42(40-72)14-30-54)66-58(36-52(68)38-60(66)70)48-21-17-46(18-22-48)44-9-5-2-6-10-44/h1-38H. The molecule has 0 aliphatic rings. The zero-order valence-electron chi connectivity index (χ0n) is 39.2. The first-order valence-electron chi connectivity index (χ1n) is 23.9. The number of anilines is 6. The van der Waals surface area contributed by atoms with E-state index >= 15 is 17.6 Å². The van der Waals surface area contributed by atoms with E-state index in [-0.39, 0.29) is 11.4 Å². The second-order valence-electron chi connectivity index (χ2n) is 18.0. The normalized spacial score (nSPS) is 11.2. The summed E-state index contributed by atoms with van der Waals surface area (Å²) in [5.74, 6) is -3.08. The maximum atomic E-state index is 17.1. The molecule has 0 unspecified atom stereocenters. The van der Waals surface area contributed by atoms with Crippen LogP contribution in [0, 0.1) is 45.9 Å². The van der Waals surface area contributed by atoms with Crippen LogP contribution in [0.5, 0.6) is 0 Å². The lowest BCUT2D eigenvalue weighted by Gasteiger charge is -2.31. The Morgan fingerprint density at radius 1 is 0.324 bits per heavy atom. The summed E-state index contributed by atoms with van der Waals surface area (Å²) >= 11 is 0. The highest BCUT2D eigenvalue weighted by atomic mass is 19.1. The van der Waals surface area contributed by atoms with Crippen LogP contribution in [0.1, 0.15) is 11.1 Å². The number of nitriles is 2. The monoisotopic (exact) mass is 962 g/mol. The van der Waals surface area contributed by atoms with Crippen molar-refractivity contribution in [1.29, 1.82) is 10.5 Å². The van der Waals surface area contributed by atoms with Crippen LogP contribution in [0.25, 0.3) is 76.8 Å². The van der Waals surface area contributed by atoms with Crippen molar-refractivity contribution in [3.63, 3.8) is 0 Å². The Bertz CT molecular complexity index is 3890. The Balaban J connectivity index is 1.08. The van der Waals surface area contributed by atoms with E-state index in [2.05, 4.69) is 12.1 Å². The van der Waals surface area contributed by atoms with Gasteiger partial charge in [-0.1, -0.05) is 146 Å². The van der Waals surface area contributed by atoms with Crippen molar-refractivity contribution in [2.45, 2.75) is 0 Å². The third-order valence-corrected chi connectivity index (χ3v) is 13.7. The third-order valence-electron chi connectivity index (χ3n) is 13.7. The number of nitrogens with zero attached hydrogens (tertiary/aromatic N) is 4. The van der Waals surface area contributed by atoms with Gasteiger partial charge in [-0.2, -0.15) is 10.5 Å². The van der Waals surface area contributed by atoms with Gasteiger partial charge in [-0.25, -0.2) is 17.6 Å². The van der Waals surface area contributed by atoms with Gasteiger partial charge in [0.25, 0.3) is 0 Å². The van der Waals surface area contributed by atoms with E-state index in [0.29, 0.717) is 56.1 Å². The lowest BCUT2D eigenvalue weighted by Crippen LogP contribution is -2.15. The molecule has 0 aliphatic carbocycles. The van der Waals surface area contributed by atoms with Crippen LogP contribution in [0.3, 0.4) is 0 Å². The molecule has 0 aromatic heterocycles. The van der Waals surface area contributed by atoms with Crippen LogP contribution in [0.15, 0.2) is 231 Å². The number of hydrogen-bond donors (Lipinski definition) is 0. The largest absolute Gasteiger partial charge is 0.307 e. The summed E-state index contributed by atoms with van der Waals surface area (Å²) in [5.41, 5.74) is 8.87. The molecule has 8 heteroatoms. The second-order valence-corrected chi connectivity index (χ2v) is 18.0. The van der Waals surface area contributed by atoms with Crippen LogP contribution in [-0.2, 0) is 0 Å². The molecule has 0 bridgehead atoms. The topological polar surface area (TPSA) is 54.1 Å². The van der Waals surface area contributed by atoms with Crippen molar-refractivity contribution in [3.8, 4) is 56.6 Å². The molecule has 0 saturated heterocycles. The lowest BCUT2D eigenvalue weighted by atomic mass is 9.91. The molecule has 4 nitrogen and oxygen atoms in total. The predicted octanol–water partition coefficient (Wildman–Crippen LogP) is 18.5. The maximum absolute atomic E-state index is 17.1. The Morgan fingerprint density at radius 2 is 0.662 bits per heavy atom. The Kier molecular flexibility index (Phi) is 11.4. The van der Waals surface area contributed by atoms with Crippen LogP contribution in [-0.4, -0.2) is 0 Å². The van der Waals surface area contributed by atoms with Gasteiger partial charge in [-0.15, -0.1) is 0 Å². The molecule has 12 rings (SSSR count). The van der Waals surface area contributed by atoms with Crippen molar-refractivity contribution in [2.24, 2.45) is 0 Å². The van der Waals surface area contributed by atoms with Crippen LogP contribution in [0.4, 0.5) is 51.7 Å². The third kappa shape index (κ3) is 7.98. The van der Waals surface area contributed by atoms with E-state index in [4.69, 9.17) is 0 Å². The quantitative estimate of drug-likeness (QED) is 0.101. The Labute approximate surface area is 424 Å². The fourth-order valence-electron chi connectivity index (χ4n) is 10.3. The Hall–Kier alpha value is -10.0. The molecule has 0 spiro atoms. The number of rotatable bonds is 10. The van der Waals surface area contributed by atoms with Gasteiger partial charge >= 0.3 is 0 Å². The van der Waals surface area contributed by atoms with Gasteiger partial charge in [-0.3, -0.25) is 0 Å². The van der Waals surface area contributed by atoms with Gasteiger partial charge in [0.2, 0.25) is 0 Å². The molecule has 0 aliphatic heterocycles. The van der Waals surface area contributed by atoms with E-state index in [1.54, 1.807) is 58.3 Å². The summed E-state index contributed by atoms with van der Waals surface area (Å²) in [6, 6.07) is 73.0. The molecule has 0 N–H and O–H groups in total. The highest BCUT2D eigenvalue weighted by Gasteiger charge is 2.28. The van der Waals surface area contributed by atoms with E-state index in [1.165, 1.54) is 12.1 Å². The van der Waals surface area contributed by atoms with Crippen molar-refractivity contribution in [3.05, 3.63) is 265 Å². The number of halogens is 4. The van der Waals surface area contributed by atoms with E-state index < -0.39 is 23.3 Å². The molecule has 0 saturated carbocycles. The van der Waals surface area contributed by atoms with E-state index in [1.807, 2.05) is 158 Å². The van der Waals surface area contributed by atoms with E-state index in [0.717, 1.165) is 66.7 Å². The van der Waals surface area contributed by atoms with Crippen LogP contribution in [0.2, 0.25) is 0 Å². The first-order chi connectivity index (χ1) is 36.2. The molecule has 12 aromatic rings. The number of hydrogen-bond acceptors (Lipinski definition) is 4. The zero-order valence-corrected chi connectivity index (χ0v) is 39.2. The fraction of sp³-hybridized carbons (Fsp3) is 0. The molecule has 0 radical (unpaired) electrons. The van der Waals surface area contributed by atoms with Gasteiger partial charge in [0.15, 0.2) is 11.6 Å². The molecule has 12 aromatic carbocycles. The molecule has 74 heavy (non-hydrogen) atoms. The first kappa shape index (κ1) is 45.1. The van der Waals surface area contributed by atoms with Gasteiger partial charge in [0, 0.05) is 45.4 Å². The van der Waals surface area contributed by atoms with Gasteiger partial charge in [-0.05, 0) is 128 Å². The average molecular weight is 963 g/mol. The molecular weight excluding hydrogens is 925 g/mol. The minimum atomic E-state index is -0.797. The minimum Gasteiger partial charge on any atom is -0.307 e. The second kappa shape index (κ2) is 18.6. The Morgan fingerprint density at radius 3 is 1.03 bits per heavy atom. The van der Waals surface area contributed by atoms with Crippen molar-refractivity contribution < 1.29 is 17.6 Å². The lowest BCUT2D eigenvalue weighted by molar-refractivity contribution is 0.584. The maximum Gasteiger partial charge on any atom is 0.150 e. The highest BCUT2D eigenvalue weighted by Crippen LogP contribution is 2.51.